The van der Waals surface area contributed by atoms with Gasteiger partial charge in [-0.3, -0.25) is 4.79 Å². The number of hydrogen-bond acceptors (Lipinski definition) is 4. The number of anilines is 1. The van der Waals surface area contributed by atoms with Crippen molar-refractivity contribution in [3.05, 3.63) is 167 Å². The molecule has 3 atom stereocenters. The summed E-state index contributed by atoms with van der Waals surface area (Å²) in [6.07, 6.45) is -1.17. The van der Waals surface area contributed by atoms with Crippen LogP contribution in [0.25, 0.3) is 0 Å². The highest BCUT2D eigenvalue weighted by molar-refractivity contribution is 7.89. The van der Waals surface area contributed by atoms with Crippen molar-refractivity contribution in [3.63, 3.8) is 0 Å². The van der Waals surface area contributed by atoms with Crippen LogP contribution in [0.15, 0.2) is 132 Å². The van der Waals surface area contributed by atoms with Crippen LogP contribution in [-0.4, -0.2) is 18.6 Å². The number of amides is 1. The third-order valence-electron chi connectivity index (χ3n) is 8.65. The van der Waals surface area contributed by atoms with Gasteiger partial charge in [-0.25, -0.2) is 12.8 Å². The van der Waals surface area contributed by atoms with Crippen molar-refractivity contribution in [1.82, 2.24) is 4.31 Å². The largest absolute Gasteiger partial charge is 0.335 e. The van der Waals surface area contributed by atoms with E-state index in [0.29, 0.717) is 22.4 Å². The molecule has 8 heteroatoms. The predicted octanol–water partition coefficient (Wildman–Crippen LogP) is 7.35. The Bertz CT molecular complexity index is 1980. The number of hydrogen-bond donors (Lipinski definition) is 0. The van der Waals surface area contributed by atoms with E-state index in [-0.39, 0.29) is 17.3 Å². The summed E-state index contributed by atoms with van der Waals surface area (Å²) in [4.78, 5) is 16.8. The van der Waals surface area contributed by atoms with Crippen molar-refractivity contribution in [2.24, 2.45) is 0 Å². The molecule has 1 spiro atoms. The molecule has 1 amide bonds. The smallest absolute Gasteiger partial charge is 0.266 e. The highest BCUT2D eigenvalue weighted by Crippen LogP contribution is 2.61. The molecule has 0 N–H and O–H groups in total. The van der Waals surface area contributed by atoms with Crippen LogP contribution in [0.2, 0.25) is 0 Å². The number of sulfonamides is 1. The van der Waals surface area contributed by atoms with E-state index in [1.165, 1.54) is 28.6 Å². The van der Waals surface area contributed by atoms with Crippen molar-refractivity contribution in [2.75, 3.05) is 4.90 Å². The zero-order valence-corrected chi connectivity index (χ0v) is 25.6. The summed E-state index contributed by atoms with van der Waals surface area (Å²) in [5, 5.41) is 0. The Labute approximate surface area is 262 Å². The number of benzene rings is 5. The molecule has 2 aliphatic rings. The predicted molar refractivity (Wildman–Crippen MR) is 170 cm³/mol. The van der Waals surface area contributed by atoms with E-state index < -0.39 is 33.7 Å². The summed E-state index contributed by atoms with van der Waals surface area (Å²) in [7, 11) is -4.29. The second-order valence-corrected chi connectivity index (χ2v) is 13.5. The summed E-state index contributed by atoms with van der Waals surface area (Å²) in [6.45, 7) is 4.09. The first-order valence-corrected chi connectivity index (χ1v) is 16.2. The molecule has 1 saturated heterocycles. The molecule has 6 nitrogen and oxygen atoms in total. The molecular formula is C37H31FN2O4S. The fraction of sp³-hybridized carbons (Fsp3) is 0.162. The lowest BCUT2D eigenvalue weighted by atomic mass is 9.84. The van der Waals surface area contributed by atoms with Gasteiger partial charge in [-0.05, 0) is 60.9 Å². The first-order valence-electron chi connectivity index (χ1n) is 14.8. The average molecular weight is 619 g/mol. The third kappa shape index (κ3) is 4.77. The first kappa shape index (κ1) is 29.1. The van der Waals surface area contributed by atoms with Crippen molar-refractivity contribution < 1.29 is 22.3 Å². The maximum absolute atomic E-state index is 15.0. The minimum absolute atomic E-state index is 0.0675. The molecule has 226 valence electrons. The molecule has 2 heterocycles. The highest BCUT2D eigenvalue weighted by Gasteiger charge is 2.67. The van der Waals surface area contributed by atoms with E-state index in [9.17, 15) is 12.8 Å². The van der Waals surface area contributed by atoms with Crippen LogP contribution in [-0.2, 0) is 31.7 Å². The lowest BCUT2D eigenvalue weighted by molar-refractivity contribution is -0.144. The van der Waals surface area contributed by atoms with Gasteiger partial charge >= 0.3 is 0 Å². The van der Waals surface area contributed by atoms with Crippen molar-refractivity contribution in [2.45, 2.75) is 43.2 Å². The molecule has 7 rings (SSSR count). The lowest BCUT2D eigenvalue weighted by Crippen LogP contribution is -2.46. The monoisotopic (exact) mass is 618 g/mol. The normalized spacial score (nSPS) is 21.4. The quantitative estimate of drug-likeness (QED) is 0.200. The summed E-state index contributed by atoms with van der Waals surface area (Å²) in [5.41, 5.74) is 3.24. The van der Waals surface area contributed by atoms with E-state index >= 15 is 4.79 Å². The first-order chi connectivity index (χ1) is 21.7. The second kappa shape index (κ2) is 11.1. The van der Waals surface area contributed by atoms with Crippen LogP contribution >= 0.6 is 0 Å². The second-order valence-electron chi connectivity index (χ2n) is 11.6. The number of rotatable bonds is 6. The van der Waals surface area contributed by atoms with Crippen LogP contribution in [0, 0.1) is 19.7 Å². The van der Waals surface area contributed by atoms with E-state index in [2.05, 4.69) is 0 Å². The molecule has 5 aromatic carbocycles. The molecule has 0 aromatic heterocycles. The topological polar surface area (TPSA) is 66.9 Å². The summed E-state index contributed by atoms with van der Waals surface area (Å²) >= 11 is 0. The standard InChI is InChI=1S/C37H31FN2O4S/c1-25-12-16-29(17-13-25)35-40(45(42,43)31-22-14-26(2)15-23-31)34(28-18-20-30(38)21-19-28)37(44-35)32-10-6-7-11-33(32)39(36(37)41)24-27-8-4-3-5-9-27/h3-23,34-35H,24H2,1-2H3/t34-,35-,37+/m0/s1. The molecule has 1 fully saturated rings. The number of aryl methyl sites for hydroxylation is 2. The fourth-order valence-corrected chi connectivity index (χ4v) is 8.11. The van der Waals surface area contributed by atoms with E-state index in [0.717, 1.165) is 16.7 Å². The van der Waals surface area contributed by atoms with Gasteiger partial charge in [0.25, 0.3) is 5.91 Å². The highest BCUT2D eigenvalue weighted by atomic mass is 32.2. The molecule has 0 radical (unpaired) electrons. The van der Waals surface area contributed by atoms with Gasteiger partial charge in [-0.2, -0.15) is 4.31 Å². The van der Waals surface area contributed by atoms with Crippen LogP contribution in [0.1, 0.15) is 45.7 Å². The molecular weight excluding hydrogens is 587 g/mol. The number of para-hydroxylation sites is 1. The van der Waals surface area contributed by atoms with E-state index in [1.807, 2.05) is 92.7 Å². The molecule has 0 bridgehead atoms. The Hall–Kier alpha value is -4.63. The van der Waals surface area contributed by atoms with Gasteiger partial charge in [0.05, 0.1) is 23.2 Å². The summed E-state index contributed by atoms with van der Waals surface area (Å²) in [6, 6.07) is 35.5. The van der Waals surface area contributed by atoms with E-state index in [1.54, 1.807) is 29.2 Å². The molecule has 0 saturated carbocycles. The number of nitrogens with zero attached hydrogens (tertiary/aromatic N) is 2. The van der Waals surface area contributed by atoms with Crippen molar-refractivity contribution in [1.29, 1.82) is 0 Å². The SMILES string of the molecule is Cc1ccc([C@@H]2O[C@@]3(C(=O)N(Cc4ccccc4)c4ccccc43)[C@H](c3ccc(F)cc3)N2S(=O)(=O)c2ccc(C)cc2)cc1. The maximum atomic E-state index is 15.0. The minimum atomic E-state index is -4.29. The molecule has 5 aromatic rings. The number of carbonyl (C=O) groups is 1. The van der Waals surface area contributed by atoms with Crippen LogP contribution in [0.3, 0.4) is 0 Å². The van der Waals surface area contributed by atoms with Crippen LogP contribution in [0.4, 0.5) is 10.1 Å². The van der Waals surface area contributed by atoms with Gasteiger partial charge in [0.1, 0.15) is 5.82 Å². The number of carbonyl (C=O) groups excluding carboxylic acids is 1. The molecule has 0 aliphatic carbocycles. The maximum Gasteiger partial charge on any atom is 0.266 e. The number of fused-ring (bicyclic) bond motifs is 2. The zero-order chi connectivity index (χ0) is 31.3. The summed E-state index contributed by atoms with van der Waals surface area (Å²) in [5.74, 6) is -0.862. The Kier molecular flexibility index (Phi) is 7.16. The van der Waals surface area contributed by atoms with Crippen LogP contribution in [0.5, 0.6) is 0 Å². The number of halogens is 1. The molecule has 0 unspecified atom stereocenters. The van der Waals surface area contributed by atoms with Gasteiger partial charge in [0.15, 0.2) is 11.8 Å². The van der Waals surface area contributed by atoms with Crippen molar-refractivity contribution in [3.8, 4) is 0 Å². The molecule has 45 heavy (non-hydrogen) atoms. The fourth-order valence-electron chi connectivity index (χ4n) is 6.43. The van der Waals surface area contributed by atoms with Gasteiger partial charge in [0.2, 0.25) is 10.0 Å². The van der Waals surface area contributed by atoms with Crippen LogP contribution < -0.4 is 4.90 Å². The Morgan fingerprint density at radius 3 is 1.98 bits per heavy atom. The number of ether oxygens (including phenoxy) is 1. The molecule has 2 aliphatic heterocycles. The van der Waals surface area contributed by atoms with Gasteiger partial charge in [-0.1, -0.05) is 108 Å². The van der Waals surface area contributed by atoms with E-state index in [4.69, 9.17) is 4.74 Å². The summed E-state index contributed by atoms with van der Waals surface area (Å²) < 4.78 is 52.2. The lowest BCUT2D eigenvalue weighted by Gasteiger charge is -2.32. The average Bonchev–Trinajstić information content (AvgIpc) is 3.53. The minimum Gasteiger partial charge on any atom is -0.335 e. The Morgan fingerprint density at radius 1 is 0.733 bits per heavy atom. The third-order valence-corrected chi connectivity index (χ3v) is 10.5. The Balaban J connectivity index is 1.50. The zero-order valence-electron chi connectivity index (χ0n) is 24.8. The van der Waals surface area contributed by atoms with Gasteiger partial charge in [0, 0.05) is 5.56 Å². The van der Waals surface area contributed by atoms with Gasteiger partial charge < -0.3 is 9.64 Å². The Morgan fingerprint density at radius 2 is 1.31 bits per heavy atom. The van der Waals surface area contributed by atoms with Crippen molar-refractivity contribution >= 4 is 21.6 Å². The van der Waals surface area contributed by atoms with Gasteiger partial charge in [-0.15, -0.1) is 0 Å².